The van der Waals surface area contributed by atoms with Crippen molar-refractivity contribution in [3.63, 3.8) is 0 Å². The van der Waals surface area contributed by atoms with Gasteiger partial charge in [0.05, 0.1) is 23.1 Å². The molecule has 2 rings (SSSR count). The molecule has 0 bridgehead atoms. The van der Waals surface area contributed by atoms with Crippen molar-refractivity contribution in [2.45, 2.75) is 18.2 Å². The number of nitrogens with zero attached hydrogens (tertiary/aromatic N) is 1. The minimum Gasteiger partial charge on any atom is -0.352 e. The third-order valence-electron chi connectivity index (χ3n) is 3.54. The zero-order chi connectivity index (χ0) is 19.9. The molecule has 0 aliphatic carbocycles. The second-order valence-electron chi connectivity index (χ2n) is 5.68. The van der Waals surface area contributed by atoms with Crippen molar-refractivity contribution >= 4 is 27.7 Å². The van der Waals surface area contributed by atoms with Gasteiger partial charge in [-0.3, -0.25) is 9.52 Å². The molecule has 0 aliphatic heterocycles. The number of aryl methyl sites for hydroxylation is 1. The molecule has 2 aromatic rings. The van der Waals surface area contributed by atoms with Gasteiger partial charge in [0.15, 0.2) is 0 Å². The first kappa shape index (κ1) is 20.1. The van der Waals surface area contributed by atoms with Crippen molar-refractivity contribution in [3.05, 3.63) is 65.5 Å². The molecule has 0 radical (unpaired) electrons. The molecule has 0 aromatic heterocycles. The topological polar surface area (TPSA) is 99.1 Å². The number of benzene rings is 2. The standard InChI is InChI=1S/C19H18FN3O3S/c1-14-3-8-17(9-4-14)27(25,26)23-18-13-16(20)7-5-15(18)6-10-19(24)22-12-2-11-21/h3-10,13,23H,2,12H2,1H3,(H,22,24). The van der Waals surface area contributed by atoms with Crippen molar-refractivity contribution in [2.24, 2.45) is 0 Å². The number of anilines is 1. The van der Waals surface area contributed by atoms with Crippen LogP contribution in [0.4, 0.5) is 10.1 Å². The van der Waals surface area contributed by atoms with Gasteiger partial charge >= 0.3 is 0 Å². The molecule has 0 unspecified atom stereocenters. The van der Waals surface area contributed by atoms with E-state index in [1.807, 2.05) is 13.0 Å². The normalized spacial score (nSPS) is 11.1. The molecule has 6 nitrogen and oxygen atoms in total. The lowest BCUT2D eigenvalue weighted by atomic mass is 10.1. The van der Waals surface area contributed by atoms with Crippen LogP contribution in [-0.2, 0) is 14.8 Å². The number of rotatable bonds is 7. The third kappa shape index (κ3) is 5.94. The maximum Gasteiger partial charge on any atom is 0.261 e. The van der Waals surface area contributed by atoms with Crippen LogP contribution in [0.25, 0.3) is 6.08 Å². The summed E-state index contributed by atoms with van der Waals surface area (Å²) in [4.78, 5) is 11.7. The van der Waals surface area contributed by atoms with Gasteiger partial charge in [-0.2, -0.15) is 5.26 Å². The summed E-state index contributed by atoms with van der Waals surface area (Å²) in [5.41, 5.74) is 1.24. The highest BCUT2D eigenvalue weighted by molar-refractivity contribution is 7.92. The zero-order valence-corrected chi connectivity index (χ0v) is 15.4. The van der Waals surface area contributed by atoms with Crippen LogP contribution in [0.5, 0.6) is 0 Å². The fourth-order valence-electron chi connectivity index (χ4n) is 2.15. The first-order valence-electron chi connectivity index (χ1n) is 8.04. The van der Waals surface area contributed by atoms with E-state index in [9.17, 15) is 17.6 Å². The minimum absolute atomic E-state index is 0.0108. The van der Waals surface area contributed by atoms with E-state index in [0.717, 1.165) is 17.7 Å². The van der Waals surface area contributed by atoms with Crippen LogP contribution in [0.15, 0.2) is 53.4 Å². The predicted octanol–water partition coefficient (Wildman–Crippen LogP) is 2.98. The smallest absolute Gasteiger partial charge is 0.261 e. The second kappa shape index (κ2) is 8.96. The van der Waals surface area contributed by atoms with Crippen LogP contribution in [0, 0.1) is 24.1 Å². The van der Waals surface area contributed by atoms with Gasteiger partial charge < -0.3 is 5.32 Å². The Labute approximate surface area is 157 Å². The number of carbonyl (C=O) groups is 1. The van der Waals surface area contributed by atoms with Crippen LogP contribution in [0.2, 0.25) is 0 Å². The summed E-state index contributed by atoms with van der Waals surface area (Å²) in [5, 5.41) is 10.9. The van der Waals surface area contributed by atoms with E-state index in [1.54, 1.807) is 12.1 Å². The summed E-state index contributed by atoms with van der Waals surface area (Å²) < 4.78 is 41.0. The summed E-state index contributed by atoms with van der Waals surface area (Å²) in [6.45, 7) is 2.04. The van der Waals surface area contributed by atoms with E-state index in [4.69, 9.17) is 5.26 Å². The average molecular weight is 387 g/mol. The number of hydrogen-bond donors (Lipinski definition) is 2. The number of nitriles is 1. The summed E-state index contributed by atoms with van der Waals surface area (Å²) >= 11 is 0. The number of hydrogen-bond acceptors (Lipinski definition) is 4. The molecule has 0 aliphatic rings. The van der Waals surface area contributed by atoms with Gasteiger partial charge in [-0.05, 0) is 48.9 Å². The molecule has 2 N–H and O–H groups in total. The van der Waals surface area contributed by atoms with Gasteiger partial charge in [-0.25, -0.2) is 12.8 Å². The van der Waals surface area contributed by atoms with Crippen LogP contribution < -0.4 is 10.0 Å². The van der Waals surface area contributed by atoms with Gasteiger partial charge in [-0.1, -0.05) is 17.7 Å². The second-order valence-corrected chi connectivity index (χ2v) is 7.37. The molecule has 0 atom stereocenters. The fourth-order valence-corrected chi connectivity index (χ4v) is 3.23. The van der Waals surface area contributed by atoms with Gasteiger partial charge in [0.1, 0.15) is 5.82 Å². The molecule has 0 saturated heterocycles. The molecule has 0 saturated carbocycles. The van der Waals surface area contributed by atoms with E-state index in [2.05, 4.69) is 10.0 Å². The number of sulfonamides is 1. The van der Waals surface area contributed by atoms with Gasteiger partial charge in [0.25, 0.3) is 10.0 Å². The molecular weight excluding hydrogens is 369 g/mol. The maximum absolute atomic E-state index is 13.6. The van der Waals surface area contributed by atoms with Gasteiger partial charge in [-0.15, -0.1) is 0 Å². The highest BCUT2D eigenvalue weighted by atomic mass is 32.2. The zero-order valence-electron chi connectivity index (χ0n) is 14.6. The van der Waals surface area contributed by atoms with Crippen LogP contribution in [-0.4, -0.2) is 20.9 Å². The third-order valence-corrected chi connectivity index (χ3v) is 4.92. The molecule has 0 spiro atoms. The Bertz CT molecular complexity index is 994. The maximum atomic E-state index is 13.6. The Hall–Kier alpha value is -3.18. The molecule has 0 heterocycles. The first-order valence-corrected chi connectivity index (χ1v) is 9.52. The number of amides is 1. The van der Waals surface area contributed by atoms with E-state index < -0.39 is 21.7 Å². The molecule has 8 heteroatoms. The highest BCUT2D eigenvalue weighted by Gasteiger charge is 2.16. The molecule has 140 valence electrons. The minimum atomic E-state index is -3.91. The number of halogens is 1. The van der Waals surface area contributed by atoms with Gasteiger partial charge in [0.2, 0.25) is 5.91 Å². The fraction of sp³-hybridized carbons (Fsp3) is 0.158. The van der Waals surface area contributed by atoms with Crippen LogP contribution in [0.1, 0.15) is 17.5 Å². The van der Waals surface area contributed by atoms with E-state index >= 15 is 0 Å². The van der Waals surface area contributed by atoms with Crippen molar-refractivity contribution in [1.29, 1.82) is 5.26 Å². The van der Waals surface area contributed by atoms with Crippen molar-refractivity contribution in [3.8, 4) is 6.07 Å². The first-order chi connectivity index (χ1) is 12.8. The van der Waals surface area contributed by atoms with Crippen molar-refractivity contribution in [1.82, 2.24) is 5.32 Å². The number of nitrogens with one attached hydrogen (secondary N) is 2. The Kier molecular flexibility index (Phi) is 6.68. The highest BCUT2D eigenvalue weighted by Crippen LogP contribution is 2.23. The average Bonchev–Trinajstić information content (AvgIpc) is 2.61. The Morgan fingerprint density at radius 2 is 1.93 bits per heavy atom. The molecule has 0 fully saturated rings. The predicted molar refractivity (Wildman–Crippen MR) is 101 cm³/mol. The Morgan fingerprint density at radius 1 is 1.22 bits per heavy atom. The summed E-state index contributed by atoms with van der Waals surface area (Å²) in [7, 11) is -3.91. The lowest BCUT2D eigenvalue weighted by Crippen LogP contribution is -2.21. The lowest BCUT2D eigenvalue weighted by Gasteiger charge is -2.11. The Morgan fingerprint density at radius 3 is 2.59 bits per heavy atom. The van der Waals surface area contributed by atoms with Crippen LogP contribution >= 0.6 is 0 Å². The molecule has 1 amide bonds. The van der Waals surface area contributed by atoms with Crippen molar-refractivity contribution < 1.29 is 17.6 Å². The molecular formula is C19H18FN3O3S. The summed E-state index contributed by atoms with van der Waals surface area (Å²) in [5.74, 6) is -1.06. The molecule has 2 aromatic carbocycles. The Balaban J connectivity index is 2.24. The largest absolute Gasteiger partial charge is 0.352 e. The monoisotopic (exact) mass is 387 g/mol. The van der Waals surface area contributed by atoms with Crippen molar-refractivity contribution in [2.75, 3.05) is 11.3 Å². The van der Waals surface area contributed by atoms with E-state index in [1.165, 1.54) is 30.4 Å². The van der Waals surface area contributed by atoms with Crippen LogP contribution in [0.3, 0.4) is 0 Å². The SMILES string of the molecule is Cc1ccc(S(=O)(=O)Nc2cc(F)ccc2C=CC(=O)NCCC#N)cc1. The number of carbonyl (C=O) groups excluding carboxylic acids is 1. The van der Waals surface area contributed by atoms with E-state index in [-0.39, 0.29) is 23.5 Å². The quantitative estimate of drug-likeness (QED) is 0.563. The summed E-state index contributed by atoms with van der Waals surface area (Å²) in [6.07, 6.45) is 2.74. The van der Waals surface area contributed by atoms with E-state index in [0.29, 0.717) is 5.56 Å². The van der Waals surface area contributed by atoms with Gasteiger partial charge in [0, 0.05) is 12.6 Å². The lowest BCUT2D eigenvalue weighted by molar-refractivity contribution is -0.116. The molecule has 27 heavy (non-hydrogen) atoms. The summed E-state index contributed by atoms with van der Waals surface area (Å²) in [6, 6.07) is 11.7.